The van der Waals surface area contributed by atoms with E-state index in [1.165, 1.54) is 11.3 Å². The summed E-state index contributed by atoms with van der Waals surface area (Å²) in [7, 11) is 5.39. The Morgan fingerprint density at radius 1 is 1.45 bits per heavy atom. The van der Waals surface area contributed by atoms with Gasteiger partial charge in [-0.25, -0.2) is 0 Å². The number of carbonyl (C=O) groups is 1. The molecule has 3 N–H and O–H groups in total. The molecule has 2 aromatic rings. The fourth-order valence-electron chi connectivity index (χ4n) is 1.83. The lowest BCUT2D eigenvalue weighted by Gasteiger charge is -2.20. The molecule has 1 unspecified atom stereocenters. The Labute approximate surface area is 122 Å². The number of carbonyl (C=O) groups excluding carboxylic acids is 1. The molecule has 1 heterocycles. The number of benzene rings is 1. The minimum atomic E-state index is -0.136. The van der Waals surface area contributed by atoms with Gasteiger partial charge in [0, 0.05) is 15.8 Å². The highest BCUT2D eigenvalue weighted by atomic mass is 32.1. The lowest BCUT2D eigenvalue weighted by Crippen LogP contribution is -2.42. The van der Waals surface area contributed by atoms with Gasteiger partial charge in [-0.2, -0.15) is 0 Å². The van der Waals surface area contributed by atoms with Crippen LogP contribution in [0, 0.1) is 0 Å². The molecular weight excluding hydrogens is 274 g/mol. The lowest BCUT2D eigenvalue weighted by atomic mass is 10.2. The maximum atomic E-state index is 12.4. The average Bonchev–Trinajstić information content (AvgIpc) is 2.76. The third-order valence-electron chi connectivity index (χ3n) is 3.19. The summed E-state index contributed by atoms with van der Waals surface area (Å²) in [5, 5.41) is 3.81. The van der Waals surface area contributed by atoms with Crippen molar-refractivity contribution in [1.82, 2.24) is 10.2 Å². The Kier molecular flexibility index (Phi) is 4.15. The predicted molar refractivity (Wildman–Crippen MR) is 83.4 cm³/mol. The summed E-state index contributed by atoms with van der Waals surface area (Å²) in [4.78, 5) is 14.9. The first-order valence-electron chi connectivity index (χ1n) is 6.27. The molecule has 0 spiro atoms. The molecule has 5 nitrogen and oxygen atoms in total. The van der Waals surface area contributed by atoms with Gasteiger partial charge >= 0.3 is 0 Å². The van der Waals surface area contributed by atoms with Crippen LogP contribution in [0.2, 0.25) is 0 Å². The minimum Gasteiger partial charge on any atom is -0.494 e. The van der Waals surface area contributed by atoms with Crippen molar-refractivity contribution in [3.05, 3.63) is 23.1 Å². The molecule has 0 saturated heterocycles. The normalized spacial score (nSPS) is 12.7. The van der Waals surface area contributed by atoms with Crippen molar-refractivity contribution >= 4 is 33.0 Å². The maximum Gasteiger partial charge on any atom is 0.266 e. The summed E-state index contributed by atoms with van der Waals surface area (Å²) in [5.74, 6) is 0.448. The number of nitrogen functional groups attached to an aromatic ring is 1. The van der Waals surface area contributed by atoms with Gasteiger partial charge < -0.3 is 15.8 Å². The largest absolute Gasteiger partial charge is 0.494 e. The standard InChI is InChI=1S/C14H19N3O2S/c1-8(17(2)3)16-14(18)13-12(19-4)10-7-9(15)5-6-11(10)20-13/h5-8H,15H2,1-4H3,(H,16,18). The predicted octanol–water partition coefficient (Wildman–Crippen LogP) is 2.13. The van der Waals surface area contributed by atoms with Gasteiger partial charge in [-0.1, -0.05) is 0 Å². The smallest absolute Gasteiger partial charge is 0.266 e. The zero-order valence-electron chi connectivity index (χ0n) is 12.1. The monoisotopic (exact) mass is 293 g/mol. The summed E-state index contributed by atoms with van der Waals surface area (Å²) in [5.41, 5.74) is 6.45. The van der Waals surface area contributed by atoms with E-state index in [2.05, 4.69) is 5.32 Å². The Morgan fingerprint density at radius 2 is 2.15 bits per heavy atom. The highest BCUT2D eigenvalue weighted by Gasteiger charge is 2.21. The molecule has 0 bridgehead atoms. The van der Waals surface area contributed by atoms with E-state index < -0.39 is 0 Å². The molecule has 0 aliphatic heterocycles. The Bertz CT molecular complexity index is 637. The molecule has 108 valence electrons. The van der Waals surface area contributed by atoms with Gasteiger partial charge in [0.25, 0.3) is 5.91 Å². The number of thiophene rings is 1. The average molecular weight is 293 g/mol. The van der Waals surface area contributed by atoms with Crippen molar-refractivity contribution < 1.29 is 9.53 Å². The number of fused-ring (bicyclic) bond motifs is 1. The molecule has 20 heavy (non-hydrogen) atoms. The van der Waals surface area contributed by atoms with Crippen LogP contribution in [0.1, 0.15) is 16.6 Å². The van der Waals surface area contributed by atoms with E-state index in [0.717, 1.165) is 10.1 Å². The van der Waals surface area contributed by atoms with Crippen LogP contribution in [-0.2, 0) is 0 Å². The van der Waals surface area contributed by atoms with Crippen molar-refractivity contribution in [3.63, 3.8) is 0 Å². The molecule has 1 aromatic heterocycles. The molecule has 0 saturated carbocycles. The van der Waals surface area contributed by atoms with Crippen LogP contribution in [0.25, 0.3) is 10.1 Å². The van der Waals surface area contributed by atoms with Crippen LogP contribution in [0.5, 0.6) is 5.75 Å². The molecule has 0 aliphatic carbocycles. The Morgan fingerprint density at radius 3 is 2.75 bits per heavy atom. The molecule has 1 aromatic carbocycles. The van der Waals surface area contributed by atoms with Gasteiger partial charge in [-0.15, -0.1) is 11.3 Å². The molecule has 0 radical (unpaired) electrons. The quantitative estimate of drug-likeness (QED) is 0.669. The number of hydrogen-bond acceptors (Lipinski definition) is 5. The molecule has 2 rings (SSSR count). The van der Waals surface area contributed by atoms with Crippen LogP contribution in [-0.4, -0.2) is 38.2 Å². The molecule has 0 aliphatic rings. The van der Waals surface area contributed by atoms with E-state index in [1.807, 2.05) is 44.1 Å². The number of ether oxygens (including phenoxy) is 1. The second-order valence-corrected chi connectivity index (χ2v) is 5.89. The Balaban J connectivity index is 2.41. The van der Waals surface area contributed by atoms with Gasteiger partial charge in [-0.3, -0.25) is 9.69 Å². The number of methoxy groups -OCH3 is 1. The number of anilines is 1. The summed E-state index contributed by atoms with van der Waals surface area (Å²) < 4.78 is 6.38. The number of rotatable bonds is 4. The molecule has 6 heteroatoms. The van der Waals surface area contributed by atoms with E-state index in [4.69, 9.17) is 10.5 Å². The SMILES string of the molecule is COc1c(C(=O)NC(C)N(C)C)sc2ccc(N)cc12. The van der Waals surface area contributed by atoms with Crippen molar-refractivity contribution in [2.24, 2.45) is 0 Å². The molecule has 1 atom stereocenters. The van der Waals surface area contributed by atoms with Gasteiger partial charge in [0.05, 0.1) is 13.3 Å². The topological polar surface area (TPSA) is 67.6 Å². The summed E-state index contributed by atoms with van der Waals surface area (Å²) in [6.45, 7) is 1.93. The second-order valence-electron chi connectivity index (χ2n) is 4.83. The molecule has 0 fully saturated rings. The maximum absolute atomic E-state index is 12.4. The van der Waals surface area contributed by atoms with Gasteiger partial charge in [0.15, 0.2) is 0 Å². The van der Waals surface area contributed by atoms with E-state index >= 15 is 0 Å². The van der Waals surface area contributed by atoms with Gasteiger partial charge in [-0.05, 0) is 39.2 Å². The number of nitrogens with two attached hydrogens (primary N) is 1. The highest BCUT2D eigenvalue weighted by Crippen LogP contribution is 2.38. The third-order valence-corrected chi connectivity index (χ3v) is 4.34. The van der Waals surface area contributed by atoms with E-state index in [0.29, 0.717) is 16.3 Å². The van der Waals surface area contributed by atoms with Crippen LogP contribution in [0.15, 0.2) is 18.2 Å². The zero-order valence-corrected chi connectivity index (χ0v) is 12.9. The fourth-order valence-corrected chi connectivity index (χ4v) is 2.88. The third kappa shape index (κ3) is 2.71. The highest BCUT2D eigenvalue weighted by molar-refractivity contribution is 7.21. The first kappa shape index (κ1) is 14.6. The van der Waals surface area contributed by atoms with Crippen molar-refractivity contribution in [3.8, 4) is 5.75 Å². The van der Waals surface area contributed by atoms with Crippen LogP contribution in [0.3, 0.4) is 0 Å². The van der Waals surface area contributed by atoms with Crippen molar-refractivity contribution in [1.29, 1.82) is 0 Å². The number of nitrogens with one attached hydrogen (secondary N) is 1. The summed E-state index contributed by atoms with van der Waals surface area (Å²) in [6.07, 6.45) is -0.0533. The first-order chi connectivity index (χ1) is 9.43. The lowest BCUT2D eigenvalue weighted by molar-refractivity contribution is 0.0902. The zero-order chi connectivity index (χ0) is 14.9. The number of hydrogen-bond donors (Lipinski definition) is 2. The van der Waals surface area contributed by atoms with Gasteiger partial charge in [0.2, 0.25) is 0 Å². The second kappa shape index (κ2) is 5.68. The van der Waals surface area contributed by atoms with Crippen LogP contribution in [0.4, 0.5) is 5.69 Å². The van der Waals surface area contributed by atoms with E-state index in [-0.39, 0.29) is 12.1 Å². The Hall–Kier alpha value is -1.79. The van der Waals surface area contributed by atoms with Crippen LogP contribution >= 0.6 is 11.3 Å². The molecular formula is C14H19N3O2S. The van der Waals surface area contributed by atoms with Crippen molar-refractivity contribution in [2.45, 2.75) is 13.1 Å². The van der Waals surface area contributed by atoms with Crippen molar-refractivity contribution in [2.75, 3.05) is 26.9 Å². The summed E-state index contributed by atoms with van der Waals surface area (Å²) >= 11 is 1.41. The number of nitrogens with zero attached hydrogens (tertiary/aromatic N) is 1. The van der Waals surface area contributed by atoms with Gasteiger partial charge in [0.1, 0.15) is 10.6 Å². The van der Waals surface area contributed by atoms with E-state index in [1.54, 1.807) is 7.11 Å². The minimum absolute atomic E-state index is 0.0533. The van der Waals surface area contributed by atoms with Crippen LogP contribution < -0.4 is 15.8 Å². The number of amides is 1. The van der Waals surface area contributed by atoms with E-state index in [9.17, 15) is 4.79 Å². The molecule has 1 amide bonds. The first-order valence-corrected chi connectivity index (χ1v) is 7.09. The fraction of sp³-hybridized carbons (Fsp3) is 0.357. The summed E-state index contributed by atoms with van der Waals surface area (Å²) in [6, 6.07) is 5.56.